The van der Waals surface area contributed by atoms with E-state index in [0.29, 0.717) is 40.6 Å². The highest BCUT2D eigenvalue weighted by Gasteiger charge is 2.23. The van der Waals surface area contributed by atoms with Crippen molar-refractivity contribution in [2.45, 2.75) is 36.5 Å². The Bertz CT molecular complexity index is 1550. The standard InChI is InChI=1S/C26H27N7O4S/c1-38(35,36)21-12-8-19(9-13-21)33-24(14-22(32-33)17-4-2-3-5-17)31-26(34)30-18-6-10-20(11-7-18)37-25-15-23(27)28-16-29-25/h6-17H,2-5H2,1H3,(H2,27,28,29)(H2,30,31,34). The highest BCUT2D eigenvalue weighted by Crippen LogP contribution is 2.35. The van der Waals surface area contributed by atoms with Crippen LogP contribution in [0.25, 0.3) is 5.69 Å². The number of urea groups is 1. The molecule has 1 fully saturated rings. The van der Waals surface area contributed by atoms with Crippen molar-refractivity contribution < 1.29 is 17.9 Å². The first-order valence-electron chi connectivity index (χ1n) is 12.1. The van der Waals surface area contributed by atoms with Gasteiger partial charge in [0.1, 0.15) is 23.7 Å². The molecule has 2 aromatic carbocycles. The van der Waals surface area contributed by atoms with Crippen LogP contribution in [0.1, 0.15) is 37.3 Å². The van der Waals surface area contributed by atoms with E-state index in [2.05, 4.69) is 20.6 Å². The molecule has 1 aliphatic carbocycles. The number of hydrogen-bond donors (Lipinski definition) is 3. The molecule has 2 heterocycles. The molecule has 1 aliphatic rings. The van der Waals surface area contributed by atoms with Crippen LogP contribution in [-0.2, 0) is 9.84 Å². The van der Waals surface area contributed by atoms with Gasteiger partial charge < -0.3 is 15.8 Å². The van der Waals surface area contributed by atoms with E-state index in [1.807, 2.05) is 6.07 Å². The third-order valence-electron chi connectivity index (χ3n) is 6.25. The van der Waals surface area contributed by atoms with Gasteiger partial charge in [-0.2, -0.15) is 5.10 Å². The van der Waals surface area contributed by atoms with Crippen molar-refractivity contribution in [2.24, 2.45) is 0 Å². The van der Waals surface area contributed by atoms with Gasteiger partial charge in [0.15, 0.2) is 9.84 Å². The van der Waals surface area contributed by atoms with Crippen molar-refractivity contribution in [2.75, 3.05) is 22.6 Å². The quantitative estimate of drug-likeness (QED) is 0.308. The summed E-state index contributed by atoms with van der Waals surface area (Å²) in [6.07, 6.45) is 6.86. The fourth-order valence-corrected chi connectivity index (χ4v) is 4.99. The highest BCUT2D eigenvalue weighted by molar-refractivity contribution is 7.90. The lowest BCUT2D eigenvalue weighted by molar-refractivity contribution is 0.262. The van der Waals surface area contributed by atoms with E-state index in [4.69, 9.17) is 15.6 Å². The highest BCUT2D eigenvalue weighted by atomic mass is 32.2. The predicted molar refractivity (Wildman–Crippen MR) is 143 cm³/mol. The second-order valence-corrected chi connectivity index (χ2v) is 11.1. The molecule has 0 spiro atoms. The zero-order chi connectivity index (χ0) is 26.7. The average molecular weight is 534 g/mol. The Labute approximate surface area is 220 Å². The first-order chi connectivity index (χ1) is 18.2. The zero-order valence-electron chi connectivity index (χ0n) is 20.7. The number of carbonyl (C=O) groups is 1. The SMILES string of the molecule is CS(=O)(=O)c1ccc(-n2nc(C3CCCC3)cc2NC(=O)Nc2ccc(Oc3cc(N)ncn3)cc2)cc1. The van der Waals surface area contributed by atoms with Gasteiger partial charge in [0.2, 0.25) is 5.88 Å². The Morgan fingerprint density at radius 2 is 1.71 bits per heavy atom. The monoisotopic (exact) mass is 533 g/mol. The fraction of sp³-hybridized carbons (Fsp3) is 0.231. The van der Waals surface area contributed by atoms with E-state index in [1.165, 1.54) is 24.5 Å². The minimum atomic E-state index is -3.33. The molecule has 2 aromatic heterocycles. The second kappa shape index (κ2) is 10.5. The number of benzene rings is 2. The molecule has 0 radical (unpaired) electrons. The Balaban J connectivity index is 1.32. The summed E-state index contributed by atoms with van der Waals surface area (Å²) in [7, 11) is -3.33. The summed E-state index contributed by atoms with van der Waals surface area (Å²) >= 11 is 0. The van der Waals surface area contributed by atoms with Gasteiger partial charge in [0.05, 0.1) is 16.3 Å². The van der Waals surface area contributed by atoms with Gasteiger partial charge in [-0.1, -0.05) is 12.8 Å². The van der Waals surface area contributed by atoms with Gasteiger partial charge in [0.25, 0.3) is 0 Å². The number of sulfone groups is 1. The number of carbonyl (C=O) groups excluding carboxylic acids is 1. The van der Waals surface area contributed by atoms with Gasteiger partial charge >= 0.3 is 6.03 Å². The summed E-state index contributed by atoms with van der Waals surface area (Å²) in [6.45, 7) is 0. The Morgan fingerprint density at radius 3 is 2.37 bits per heavy atom. The number of nitrogens with two attached hydrogens (primary N) is 1. The molecule has 0 unspecified atom stereocenters. The molecule has 4 N–H and O–H groups in total. The van der Waals surface area contributed by atoms with Gasteiger partial charge in [-0.05, 0) is 61.4 Å². The normalized spacial score (nSPS) is 13.8. The summed E-state index contributed by atoms with van der Waals surface area (Å²) in [5.74, 6) is 1.94. The van der Waals surface area contributed by atoms with Gasteiger partial charge in [0, 0.05) is 30.0 Å². The Hall–Kier alpha value is -4.45. The number of anilines is 3. The third kappa shape index (κ3) is 5.92. The van der Waals surface area contributed by atoms with Crippen LogP contribution >= 0.6 is 0 Å². The van der Waals surface area contributed by atoms with Crippen molar-refractivity contribution in [3.05, 3.63) is 72.7 Å². The van der Waals surface area contributed by atoms with Crippen molar-refractivity contribution in [3.63, 3.8) is 0 Å². The molecule has 0 saturated heterocycles. The van der Waals surface area contributed by atoms with Crippen molar-refractivity contribution in [1.82, 2.24) is 19.7 Å². The van der Waals surface area contributed by atoms with Crippen molar-refractivity contribution in [1.29, 1.82) is 0 Å². The molecule has 38 heavy (non-hydrogen) atoms. The van der Waals surface area contributed by atoms with E-state index < -0.39 is 15.9 Å². The van der Waals surface area contributed by atoms with Crippen LogP contribution in [0.4, 0.5) is 22.1 Å². The molecule has 2 amide bonds. The fourth-order valence-electron chi connectivity index (χ4n) is 4.36. The molecule has 196 valence electrons. The van der Waals surface area contributed by atoms with E-state index in [-0.39, 0.29) is 4.90 Å². The van der Waals surface area contributed by atoms with Crippen LogP contribution in [0, 0.1) is 0 Å². The minimum Gasteiger partial charge on any atom is -0.439 e. The van der Waals surface area contributed by atoms with Crippen molar-refractivity contribution in [3.8, 4) is 17.3 Å². The maximum atomic E-state index is 12.9. The van der Waals surface area contributed by atoms with Crippen LogP contribution in [0.2, 0.25) is 0 Å². The van der Waals surface area contributed by atoms with E-state index in [1.54, 1.807) is 41.1 Å². The molecule has 1 saturated carbocycles. The smallest absolute Gasteiger partial charge is 0.324 e. The molecule has 5 rings (SSSR count). The molecular weight excluding hydrogens is 506 g/mol. The van der Waals surface area contributed by atoms with Crippen LogP contribution in [-0.4, -0.2) is 40.5 Å². The molecule has 0 bridgehead atoms. The van der Waals surface area contributed by atoms with Crippen LogP contribution in [0.5, 0.6) is 11.6 Å². The molecule has 12 heteroatoms. The summed E-state index contributed by atoms with van der Waals surface area (Å²) in [4.78, 5) is 20.9. The molecule has 0 atom stereocenters. The predicted octanol–water partition coefficient (Wildman–Crippen LogP) is 4.74. The van der Waals surface area contributed by atoms with E-state index >= 15 is 0 Å². The van der Waals surface area contributed by atoms with E-state index in [0.717, 1.165) is 37.6 Å². The average Bonchev–Trinajstić information content (AvgIpc) is 3.55. The van der Waals surface area contributed by atoms with Gasteiger partial charge in [-0.25, -0.2) is 27.9 Å². The Morgan fingerprint density at radius 1 is 1.00 bits per heavy atom. The number of nitrogen functional groups attached to an aromatic ring is 1. The first-order valence-corrected chi connectivity index (χ1v) is 14.0. The summed E-state index contributed by atoms with van der Waals surface area (Å²) < 4.78 is 31.0. The lowest BCUT2D eigenvalue weighted by atomic mass is 10.0. The van der Waals surface area contributed by atoms with Crippen LogP contribution in [0.15, 0.2) is 71.9 Å². The van der Waals surface area contributed by atoms with Gasteiger partial charge in [-0.3, -0.25) is 5.32 Å². The number of hydrogen-bond acceptors (Lipinski definition) is 8. The lowest BCUT2D eigenvalue weighted by Gasteiger charge is -2.11. The molecule has 0 aliphatic heterocycles. The first kappa shape index (κ1) is 25.2. The van der Waals surface area contributed by atoms with Gasteiger partial charge in [-0.15, -0.1) is 0 Å². The zero-order valence-corrected chi connectivity index (χ0v) is 21.5. The number of rotatable bonds is 7. The largest absolute Gasteiger partial charge is 0.439 e. The number of amides is 2. The van der Waals surface area contributed by atoms with Crippen molar-refractivity contribution >= 4 is 33.2 Å². The second-order valence-electron chi connectivity index (χ2n) is 9.10. The maximum Gasteiger partial charge on any atom is 0.324 e. The summed E-state index contributed by atoms with van der Waals surface area (Å²) in [5.41, 5.74) is 7.74. The number of ether oxygens (including phenoxy) is 1. The number of aromatic nitrogens is 4. The number of nitrogens with zero attached hydrogens (tertiary/aromatic N) is 4. The third-order valence-corrected chi connectivity index (χ3v) is 7.38. The van der Waals surface area contributed by atoms with Crippen LogP contribution < -0.4 is 21.1 Å². The maximum absolute atomic E-state index is 12.9. The number of nitrogens with one attached hydrogen (secondary N) is 2. The molecular formula is C26H27N7O4S. The topological polar surface area (TPSA) is 154 Å². The summed E-state index contributed by atoms with van der Waals surface area (Å²) in [6, 6.07) is 16.1. The molecule has 4 aromatic rings. The lowest BCUT2D eigenvalue weighted by Crippen LogP contribution is -2.21. The molecule has 11 nitrogen and oxygen atoms in total. The van der Waals surface area contributed by atoms with Crippen LogP contribution in [0.3, 0.4) is 0 Å². The Kier molecular flexibility index (Phi) is 6.97. The minimum absolute atomic E-state index is 0.215. The summed E-state index contributed by atoms with van der Waals surface area (Å²) in [5, 5.41) is 10.4. The van der Waals surface area contributed by atoms with E-state index in [9.17, 15) is 13.2 Å².